The van der Waals surface area contributed by atoms with Crippen LogP contribution in [-0.2, 0) is 37.3 Å². The number of rotatable bonds is 9. The number of nitrogens with one attached hydrogen (secondary N) is 1. The highest BCUT2D eigenvalue weighted by atomic mass is 31.3. The molecule has 2 aromatic rings. The lowest BCUT2D eigenvalue weighted by Crippen LogP contribution is -2.76. The number of nitrogens with zero attached hydrogens (tertiary/aromatic N) is 3. The van der Waals surface area contributed by atoms with E-state index in [9.17, 15) is 33.6 Å². The van der Waals surface area contributed by atoms with Crippen LogP contribution in [0.1, 0.15) is 0 Å². The molecule has 1 aliphatic rings. The van der Waals surface area contributed by atoms with E-state index in [1.165, 1.54) is 0 Å². The zero-order valence-electron chi connectivity index (χ0n) is 16.6. The third-order valence-corrected chi connectivity index (χ3v) is 8.11. The molecule has 23 heteroatoms. The van der Waals surface area contributed by atoms with Crippen LogP contribution >= 0.6 is 23.5 Å². The summed E-state index contributed by atoms with van der Waals surface area (Å²) in [5.74, 6) is -2.14. The number of aliphatic hydroxyl groups is 2. The van der Waals surface area contributed by atoms with Gasteiger partial charge >= 0.3 is 23.5 Å². The standard InChI is InChI=1S/C12H15FN5O14P3/c1-2-5(19)12(18-4-15-6-7(18)16-10(14)17-8(6)20)9(21)11(13,30-12)3-29-34(25,26)32-35(27,28)31-33(22,23)24/h1,4-5,9,19,21H,3H2,(H,25,26)(H,27,28)(H2,22,23,24)(H3,14,16,17,20)/t5-,9+,11+,12+/m0/s1. The van der Waals surface area contributed by atoms with E-state index in [-0.39, 0.29) is 5.52 Å². The number of ether oxygens (including phenoxy) is 1. The summed E-state index contributed by atoms with van der Waals surface area (Å²) in [7, 11) is -17.4. The molecule has 0 spiro atoms. The predicted molar refractivity (Wildman–Crippen MR) is 106 cm³/mol. The summed E-state index contributed by atoms with van der Waals surface area (Å²) < 4.78 is 65.7. The van der Waals surface area contributed by atoms with Gasteiger partial charge in [-0.15, -0.1) is 6.42 Å². The summed E-state index contributed by atoms with van der Waals surface area (Å²) in [5.41, 5.74) is 1.15. The molecule has 0 bridgehead atoms. The molecule has 0 amide bonds. The highest BCUT2D eigenvalue weighted by molar-refractivity contribution is 7.66. The number of nitrogens with two attached hydrogens (primary N) is 1. The minimum Gasteiger partial charge on any atom is -0.382 e. The molecule has 194 valence electrons. The van der Waals surface area contributed by atoms with Gasteiger partial charge < -0.3 is 40.3 Å². The number of aromatic nitrogens is 4. The van der Waals surface area contributed by atoms with Crippen molar-refractivity contribution in [3.05, 3.63) is 16.7 Å². The Morgan fingerprint density at radius 1 is 1.31 bits per heavy atom. The van der Waals surface area contributed by atoms with Gasteiger partial charge in [0.15, 0.2) is 23.4 Å². The fraction of sp³-hybridized carbons (Fsp3) is 0.417. The number of H-pyrrole nitrogens is 1. The van der Waals surface area contributed by atoms with Crippen LogP contribution in [0.2, 0.25) is 0 Å². The third-order valence-electron chi connectivity index (χ3n) is 4.33. The van der Waals surface area contributed by atoms with Gasteiger partial charge in [0, 0.05) is 0 Å². The molecule has 0 saturated carbocycles. The van der Waals surface area contributed by atoms with Gasteiger partial charge in [-0.3, -0.25) is 18.9 Å². The quantitative estimate of drug-likeness (QED) is 0.118. The van der Waals surface area contributed by atoms with Crippen LogP contribution in [0.25, 0.3) is 11.2 Å². The lowest BCUT2D eigenvalue weighted by atomic mass is 9.86. The molecular formula is C12H15FN5O14P3. The average molecular weight is 565 g/mol. The van der Waals surface area contributed by atoms with E-state index in [1.54, 1.807) is 5.92 Å². The van der Waals surface area contributed by atoms with E-state index >= 15 is 4.39 Å². The van der Waals surface area contributed by atoms with Crippen molar-refractivity contribution in [3.63, 3.8) is 0 Å². The van der Waals surface area contributed by atoms with Crippen LogP contribution in [0, 0.1) is 12.3 Å². The number of anilines is 1. The monoisotopic (exact) mass is 565 g/mol. The maximum absolute atomic E-state index is 15.2. The van der Waals surface area contributed by atoms with Crippen molar-refractivity contribution in [3.8, 4) is 12.3 Å². The minimum absolute atomic E-state index is 0.386. The van der Waals surface area contributed by atoms with Crippen LogP contribution in [-0.4, -0.2) is 74.0 Å². The molecule has 3 heterocycles. The zero-order valence-corrected chi connectivity index (χ0v) is 19.3. The average Bonchev–Trinajstić information content (AvgIpc) is 3.11. The summed E-state index contributed by atoms with van der Waals surface area (Å²) in [5, 5.41) is 20.8. The smallest absolute Gasteiger partial charge is 0.382 e. The maximum atomic E-state index is 15.2. The van der Waals surface area contributed by atoms with E-state index in [0.717, 1.165) is 6.33 Å². The van der Waals surface area contributed by atoms with Crippen LogP contribution < -0.4 is 11.3 Å². The SMILES string of the molecule is C#C[C@H](O)[C@@]1(n2cnc3c(=O)[nH]c(N)nc32)O[C@](F)(COP(=O)(O)OP(=O)(O)OP(=O)(O)O)[C@H]1O. The van der Waals surface area contributed by atoms with Crippen molar-refractivity contribution < 1.29 is 65.8 Å². The Morgan fingerprint density at radius 2 is 1.94 bits per heavy atom. The van der Waals surface area contributed by atoms with Gasteiger partial charge in [-0.05, 0) is 0 Å². The van der Waals surface area contributed by atoms with Crippen LogP contribution in [0.5, 0.6) is 0 Å². The summed E-state index contributed by atoms with van der Waals surface area (Å²) >= 11 is 0. The van der Waals surface area contributed by atoms with Gasteiger partial charge in [0.05, 0.1) is 6.33 Å². The molecule has 35 heavy (non-hydrogen) atoms. The first kappa shape index (κ1) is 27.5. The summed E-state index contributed by atoms with van der Waals surface area (Å²) in [4.78, 5) is 57.1. The second-order valence-electron chi connectivity index (χ2n) is 6.71. The first-order valence-corrected chi connectivity index (χ1v) is 13.1. The number of alkyl halides is 1. The van der Waals surface area contributed by atoms with E-state index in [2.05, 4.69) is 28.1 Å². The molecule has 19 nitrogen and oxygen atoms in total. The molecule has 0 radical (unpaired) electrons. The van der Waals surface area contributed by atoms with E-state index in [1.807, 2.05) is 0 Å². The van der Waals surface area contributed by atoms with E-state index in [0.29, 0.717) is 4.57 Å². The number of phosphoric acid groups is 3. The molecule has 2 unspecified atom stereocenters. The molecule has 1 aliphatic heterocycles. The molecule has 0 aliphatic carbocycles. The van der Waals surface area contributed by atoms with Gasteiger partial charge in [0.2, 0.25) is 11.7 Å². The number of phosphoric ester groups is 1. The molecule has 0 aromatic carbocycles. The van der Waals surface area contributed by atoms with Crippen LogP contribution in [0.15, 0.2) is 11.1 Å². The fourth-order valence-corrected chi connectivity index (χ4v) is 6.07. The van der Waals surface area contributed by atoms with E-state index in [4.69, 9.17) is 31.6 Å². The lowest BCUT2D eigenvalue weighted by Gasteiger charge is -2.56. The van der Waals surface area contributed by atoms with Crippen molar-refractivity contribution in [2.45, 2.75) is 23.8 Å². The Labute approximate surface area is 191 Å². The number of halogens is 1. The van der Waals surface area contributed by atoms with Crippen molar-refractivity contribution in [1.29, 1.82) is 0 Å². The summed E-state index contributed by atoms with van der Waals surface area (Å²) in [6, 6.07) is 0. The van der Waals surface area contributed by atoms with Crippen molar-refractivity contribution in [1.82, 2.24) is 19.5 Å². The molecule has 1 fully saturated rings. The van der Waals surface area contributed by atoms with Gasteiger partial charge in [0.1, 0.15) is 6.61 Å². The van der Waals surface area contributed by atoms with Gasteiger partial charge in [-0.1, -0.05) is 5.92 Å². The summed E-state index contributed by atoms with van der Waals surface area (Å²) in [6.07, 6.45) is 1.24. The van der Waals surface area contributed by atoms with Crippen LogP contribution in [0.4, 0.5) is 10.3 Å². The van der Waals surface area contributed by atoms with Crippen molar-refractivity contribution in [2.75, 3.05) is 12.3 Å². The van der Waals surface area contributed by atoms with Gasteiger partial charge in [-0.25, -0.2) is 23.1 Å². The third kappa shape index (κ3) is 5.23. The Hall–Kier alpha value is -2.07. The Bertz CT molecular complexity index is 1400. The highest BCUT2D eigenvalue weighted by Gasteiger charge is 2.72. The normalized spacial score (nSPS) is 29.0. The molecular weight excluding hydrogens is 550 g/mol. The molecule has 1 saturated heterocycles. The first-order chi connectivity index (χ1) is 15.9. The molecule has 6 atom stereocenters. The molecule has 9 N–H and O–H groups in total. The number of hydrogen-bond acceptors (Lipinski definition) is 13. The van der Waals surface area contributed by atoms with Gasteiger partial charge in [0.25, 0.3) is 11.4 Å². The van der Waals surface area contributed by atoms with Crippen molar-refractivity contribution in [2.24, 2.45) is 0 Å². The number of aromatic amines is 1. The Balaban J connectivity index is 1.88. The largest absolute Gasteiger partial charge is 0.490 e. The maximum Gasteiger partial charge on any atom is 0.490 e. The Kier molecular flexibility index (Phi) is 6.92. The first-order valence-electron chi connectivity index (χ1n) is 8.59. The Morgan fingerprint density at radius 3 is 2.49 bits per heavy atom. The van der Waals surface area contributed by atoms with E-state index < -0.39 is 71.0 Å². The number of nitrogen functional groups attached to an aromatic ring is 1. The lowest BCUT2D eigenvalue weighted by molar-refractivity contribution is -0.450. The number of fused-ring (bicyclic) bond motifs is 1. The highest BCUT2D eigenvalue weighted by Crippen LogP contribution is 2.66. The van der Waals surface area contributed by atoms with Crippen LogP contribution in [0.3, 0.4) is 0 Å². The molecule has 3 rings (SSSR count). The number of hydrogen-bond donors (Lipinski definition) is 8. The summed E-state index contributed by atoms with van der Waals surface area (Å²) in [6.45, 7) is -1.74. The van der Waals surface area contributed by atoms with Gasteiger partial charge in [-0.2, -0.15) is 13.6 Å². The zero-order chi connectivity index (χ0) is 26.6. The number of aliphatic hydroxyl groups excluding tert-OH is 2. The number of terminal acetylenes is 1. The second kappa shape index (κ2) is 8.80. The molecule has 2 aromatic heterocycles. The predicted octanol–water partition coefficient (Wildman–Crippen LogP) is -2.25. The second-order valence-corrected chi connectivity index (χ2v) is 11.1. The number of imidazole rings is 1. The fourth-order valence-electron chi connectivity index (χ4n) is 3.04. The van der Waals surface area contributed by atoms with Crippen molar-refractivity contribution >= 4 is 40.6 Å². The minimum atomic E-state index is -5.90. The topological polar surface area (TPSA) is 299 Å².